The lowest BCUT2D eigenvalue weighted by Crippen LogP contribution is -2.47. The first-order valence-electron chi connectivity index (χ1n) is 8.07. The molecule has 1 unspecified atom stereocenters. The first-order valence-corrected chi connectivity index (χ1v) is 8.07. The van der Waals surface area contributed by atoms with Gasteiger partial charge in [0.25, 0.3) is 0 Å². The molecule has 1 atom stereocenters. The predicted octanol–water partition coefficient (Wildman–Crippen LogP) is 2.44. The molecule has 120 valence electrons. The summed E-state index contributed by atoms with van der Waals surface area (Å²) >= 11 is 0. The van der Waals surface area contributed by atoms with E-state index in [1.807, 2.05) is 30.3 Å². The molecule has 2 rings (SSSR count). The second-order valence-corrected chi connectivity index (χ2v) is 5.76. The SMILES string of the molecule is C=CCN(C(=O)CN1CCCCC1CCO)c1ccccc1. The van der Waals surface area contributed by atoms with Crippen LogP contribution in [0.3, 0.4) is 0 Å². The topological polar surface area (TPSA) is 43.8 Å². The van der Waals surface area contributed by atoms with Crippen molar-refractivity contribution in [2.24, 2.45) is 0 Å². The number of likely N-dealkylation sites (tertiary alicyclic amines) is 1. The number of carbonyl (C=O) groups is 1. The number of hydrogen-bond donors (Lipinski definition) is 1. The van der Waals surface area contributed by atoms with Gasteiger partial charge in [-0.05, 0) is 37.9 Å². The lowest BCUT2D eigenvalue weighted by atomic mass is 9.99. The molecular weight excluding hydrogens is 276 g/mol. The third kappa shape index (κ3) is 4.42. The minimum atomic E-state index is 0.0935. The van der Waals surface area contributed by atoms with Crippen LogP contribution in [0.15, 0.2) is 43.0 Å². The molecule has 1 fully saturated rings. The van der Waals surface area contributed by atoms with Crippen LogP contribution in [-0.2, 0) is 4.79 Å². The van der Waals surface area contributed by atoms with E-state index >= 15 is 0 Å². The second-order valence-electron chi connectivity index (χ2n) is 5.76. The number of aliphatic hydroxyl groups excluding tert-OH is 1. The van der Waals surface area contributed by atoms with Crippen molar-refractivity contribution in [3.8, 4) is 0 Å². The zero-order chi connectivity index (χ0) is 15.8. The van der Waals surface area contributed by atoms with Gasteiger partial charge in [-0.1, -0.05) is 30.7 Å². The number of benzene rings is 1. The quantitative estimate of drug-likeness (QED) is 0.787. The molecular formula is C18H26N2O2. The van der Waals surface area contributed by atoms with Crippen LogP contribution in [0, 0.1) is 0 Å². The molecule has 1 aliphatic rings. The number of piperidine rings is 1. The van der Waals surface area contributed by atoms with Crippen molar-refractivity contribution < 1.29 is 9.90 Å². The molecule has 0 spiro atoms. The molecule has 1 aliphatic heterocycles. The molecule has 0 aromatic heterocycles. The van der Waals surface area contributed by atoms with E-state index in [0.29, 0.717) is 19.1 Å². The van der Waals surface area contributed by atoms with Crippen molar-refractivity contribution >= 4 is 11.6 Å². The van der Waals surface area contributed by atoms with Gasteiger partial charge in [0.1, 0.15) is 0 Å². The summed E-state index contributed by atoms with van der Waals surface area (Å²) in [5.41, 5.74) is 0.906. The van der Waals surface area contributed by atoms with Crippen LogP contribution >= 0.6 is 0 Å². The number of nitrogens with zero attached hydrogens (tertiary/aromatic N) is 2. The van der Waals surface area contributed by atoms with Crippen LogP contribution in [0.25, 0.3) is 0 Å². The van der Waals surface area contributed by atoms with Gasteiger partial charge >= 0.3 is 0 Å². The number of aliphatic hydroxyl groups is 1. The lowest BCUT2D eigenvalue weighted by molar-refractivity contribution is -0.120. The minimum absolute atomic E-state index is 0.0935. The summed E-state index contributed by atoms with van der Waals surface area (Å²) in [7, 11) is 0. The van der Waals surface area contributed by atoms with Crippen molar-refractivity contribution in [2.75, 3.05) is 31.1 Å². The van der Waals surface area contributed by atoms with E-state index in [1.54, 1.807) is 11.0 Å². The maximum Gasteiger partial charge on any atom is 0.241 e. The number of rotatable bonds is 7. The number of para-hydroxylation sites is 1. The molecule has 1 saturated heterocycles. The van der Waals surface area contributed by atoms with E-state index < -0.39 is 0 Å². The number of carbonyl (C=O) groups excluding carboxylic acids is 1. The highest BCUT2D eigenvalue weighted by Gasteiger charge is 2.25. The monoisotopic (exact) mass is 302 g/mol. The van der Waals surface area contributed by atoms with E-state index in [-0.39, 0.29) is 12.5 Å². The van der Waals surface area contributed by atoms with E-state index in [4.69, 9.17) is 0 Å². The summed E-state index contributed by atoms with van der Waals surface area (Å²) in [6.45, 7) is 5.81. The zero-order valence-corrected chi connectivity index (χ0v) is 13.2. The van der Waals surface area contributed by atoms with Crippen LogP contribution in [0.2, 0.25) is 0 Å². The highest BCUT2D eigenvalue weighted by Crippen LogP contribution is 2.20. The van der Waals surface area contributed by atoms with Crippen molar-refractivity contribution in [3.63, 3.8) is 0 Å². The largest absolute Gasteiger partial charge is 0.396 e. The summed E-state index contributed by atoms with van der Waals surface area (Å²) < 4.78 is 0. The number of amides is 1. The third-order valence-electron chi connectivity index (χ3n) is 4.23. The molecule has 1 aromatic rings. The van der Waals surface area contributed by atoms with E-state index in [1.165, 1.54) is 6.42 Å². The van der Waals surface area contributed by atoms with Gasteiger partial charge in [-0.3, -0.25) is 9.69 Å². The molecule has 1 heterocycles. The predicted molar refractivity (Wildman–Crippen MR) is 89.9 cm³/mol. The summed E-state index contributed by atoms with van der Waals surface area (Å²) in [4.78, 5) is 16.7. The van der Waals surface area contributed by atoms with Gasteiger partial charge in [0.2, 0.25) is 5.91 Å². The second kappa shape index (κ2) is 8.71. The average molecular weight is 302 g/mol. The minimum Gasteiger partial charge on any atom is -0.396 e. The van der Waals surface area contributed by atoms with Crippen molar-refractivity contribution in [2.45, 2.75) is 31.7 Å². The first-order chi connectivity index (χ1) is 10.8. The Morgan fingerprint density at radius 2 is 2.14 bits per heavy atom. The maximum atomic E-state index is 12.7. The standard InChI is InChI=1S/C18H26N2O2/c1-2-12-20(17-9-4-3-5-10-17)18(22)15-19-13-7-6-8-16(19)11-14-21/h2-5,9-10,16,21H,1,6-8,11-15H2. The Hall–Kier alpha value is -1.65. The van der Waals surface area contributed by atoms with E-state index in [0.717, 1.165) is 31.5 Å². The molecule has 0 aliphatic carbocycles. The molecule has 22 heavy (non-hydrogen) atoms. The highest BCUT2D eigenvalue weighted by atomic mass is 16.3. The van der Waals surface area contributed by atoms with Crippen molar-refractivity contribution in [1.82, 2.24) is 4.90 Å². The molecule has 0 bridgehead atoms. The fraction of sp³-hybridized carbons (Fsp3) is 0.500. The van der Waals surface area contributed by atoms with Crippen molar-refractivity contribution in [1.29, 1.82) is 0 Å². The summed E-state index contributed by atoms with van der Waals surface area (Å²) in [5.74, 6) is 0.0935. The Bertz CT molecular complexity index is 473. The Kier molecular flexibility index (Phi) is 6.62. The van der Waals surface area contributed by atoms with Crippen LogP contribution in [0.5, 0.6) is 0 Å². The van der Waals surface area contributed by atoms with Gasteiger partial charge in [0.15, 0.2) is 0 Å². The van der Waals surface area contributed by atoms with Gasteiger partial charge in [-0.15, -0.1) is 6.58 Å². The average Bonchev–Trinajstić information content (AvgIpc) is 2.55. The van der Waals surface area contributed by atoms with Gasteiger partial charge in [0.05, 0.1) is 6.54 Å². The summed E-state index contributed by atoms with van der Waals surface area (Å²) in [5, 5.41) is 9.21. The maximum absolute atomic E-state index is 12.7. The Balaban J connectivity index is 2.05. The van der Waals surface area contributed by atoms with Gasteiger partial charge in [-0.25, -0.2) is 0 Å². The zero-order valence-electron chi connectivity index (χ0n) is 13.2. The smallest absolute Gasteiger partial charge is 0.241 e. The fourth-order valence-electron chi connectivity index (χ4n) is 3.09. The normalized spacial score (nSPS) is 18.9. The summed E-state index contributed by atoms with van der Waals surface area (Å²) in [6, 6.07) is 10.0. The van der Waals surface area contributed by atoms with Gasteiger partial charge in [0, 0.05) is 24.9 Å². The number of anilines is 1. The van der Waals surface area contributed by atoms with E-state index in [9.17, 15) is 9.90 Å². The number of hydrogen-bond acceptors (Lipinski definition) is 3. The highest BCUT2D eigenvalue weighted by molar-refractivity contribution is 5.95. The molecule has 1 N–H and O–H groups in total. The van der Waals surface area contributed by atoms with Crippen molar-refractivity contribution in [3.05, 3.63) is 43.0 Å². The van der Waals surface area contributed by atoms with Gasteiger partial charge < -0.3 is 10.0 Å². The molecule has 0 saturated carbocycles. The first kappa shape index (κ1) is 16.7. The molecule has 4 heteroatoms. The van der Waals surface area contributed by atoms with Crippen LogP contribution < -0.4 is 4.90 Å². The third-order valence-corrected chi connectivity index (χ3v) is 4.23. The fourth-order valence-corrected chi connectivity index (χ4v) is 3.09. The molecule has 0 radical (unpaired) electrons. The van der Waals surface area contributed by atoms with Crippen LogP contribution in [0.4, 0.5) is 5.69 Å². The molecule has 4 nitrogen and oxygen atoms in total. The van der Waals surface area contributed by atoms with Gasteiger partial charge in [-0.2, -0.15) is 0 Å². The Labute approximate surface area is 133 Å². The molecule has 1 aromatic carbocycles. The molecule has 1 amide bonds. The Morgan fingerprint density at radius 3 is 2.82 bits per heavy atom. The van der Waals surface area contributed by atoms with E-state index in [2.05, 4.69) is 11.5 Å². The lowest BCUT2D eigenvalue weighted by Gasteiger charge is -2.36. The summed E-state index contributed by atoms with van der Waals surface area (Å²) in [6.07, 6.45) is 5.89. The van der Waals surface area contributed by atoms with Crippen LogP contribution in [0.1, 0.15) is 25.7 Å². The Morgan fingerprint density at radius 1 is 1.36 bits per heavy atom. The van der Waals surface area contributed by atoms with Crippen LogP contribution in [-0.4, -0.2) is 48.2 Å².